The predicted octanol–water partition coefficient (Wildman–Crippen LogP) is 3.21. The van der Waals surface area contributed by atoms with Gasteiger partial charge >= 0.3 is 0 Å². The fraction of sp³-hybridized carbons (Fsp3) is 0.667. The van der Waals surface area contributed by atoms with Crippen LogP contribution in [0, 0.1) is 11.8 Å². The number of hydrogen-bond donors (Lipinski definition) is 0. The summed E-state index contributed by atoms with van der Waals surface area (Å²) in [5.41, 5.74) is 1.16. The van der Waals surface area contributed by atoms with Crippen molar-refractivity contribution in [2.45, 2.75) is 39.2 Å². The highest BCUT2D eigenvalue weighted by atomic mass is 35.5. The largest absolute Gasteiger partial charge is 0.342 e. The number of carbonyl (C=O) groups excluding carboxylic acids is 1. The first-order valence-corrected chi connectivity index (χ1v) is 9.11. The fourth-order valence-electron chi connectivity index (χ4n) is 3.65. The van der Waals surface area contributed by atoms with Gasteiger partial charge in [0.1, 0.15) is 5.15 Å². The first kappa shape index (κ1) is 16.7. The summed E-state index contributed by atoms with van der Waals surface area (Å²) < 4.78 is 0. The van der Waals surface area contributed by atoms with Crippen LogP contribution in [0.25, 0.3) is 0 Å². The molecule has 2 aliphatic rings. The maximum atomic E-state index is 12.8. The summed E-state index contributed by atoms with van der Waals surface area (Å²) in [6.07, 6.45) is 6.26. The van der Waals surface area contributed by atoms with Crippen molar-refractivity contribution in [3.63, 3.8) is 0 Å². The molecule has 23 heavy (non-hydrogen) atoms. The summed E-state index contributed by atoms with van der Waals surface area (Å²) in [6, 6.07) is 3.85. The van der Waals surface area contributed by atoms with Crippen molar-refractivity contribution in [3.8, 4) is 0 Å². The summed E-state index contributed by atoms with van der Waals surface area (Å²) in [7, 11) is 0. The molecule has 2 aliphatic heterocycles. The zero-order chi connectivity index (χ0) is 16.2. The smallest absolute Gasteiger partial charge is 0.226 e. The number of piperidine rings is 2. The molecule has 5 heteroatoms. The van der Waals surface area contributed by atoms with Crippen molar-refractivity contribution in [2.24, 2.45) is 11.8 Å². The Hall–Kier alpha value is -1.13. The topological polar surface area (TPSA) is 36.4 Å². The first-order valence-electron chi connectivity index (χ1n) is 8.73. The van der Waals surface area contributed by atoms with Gasteiger partial charge in [0.2, 0.25) is 5.91 Å². The third-order valence-corrected chi connectivity index (χ3v) is 5.37. The Bertz CT molecular complexity index is 526. The second kappa shape index (κ2) is 7.63. The van der Waals surface area contributed by atoms with Crippen molar-refractivity contribution in [2.75, 3.05) is 26.2 Å². The Morgan fingerprint density at radius 3 is 2.74 bits per heavy atom. The molecule has 0 saturated carbocycles. The minimum Gasteiger partial charge on any atom is -0.342 e. The lowest BCUT2D eigenvalue weighted by Crippen LogP contribution is -2.46. The average molecular weight is 336 g/mol. The van der Waals surface area contributed by atoms with E-state index in [1.807, 2.05) is 18.3 Å². The first-order chi connectivity index (χ1) is 11.1. The van der Waals surface area contributed by atoms with Crippen LogP contribution in [0.3, 0.4) is 0 Å². The van der Waals surface area contributed by atoms with E-state index in [4.69, 9.17) is 11.6 Å². The van der Waals surface area contributed by atoms with Gasteiger partial charge in [0.25, 0.3) is 0 Å². The molecular formula is C18H26ClN3O. The van der Waals surface area contributed by atoms with E-state index >= 15 is 0 Å². The number of aromatic nitrogens is 1. The molecule has 0 radical (unpaired) electrons. The van der Waals surface area contributed by atoms with Crippen LogP contribution in [0.2, 0.25) is 5.15 Å². The molecule has 4 nitrogen and oxygen atoms in total. The standard InChI is InChI=1S/C18H26ClN3O/c1-14-6-9-22(10-7-14)18(23)16-3-2-8-21(13-16)12-15-4-5-17(19)20-11-15/h4-5,11,14,16H,2-3,6-10,12-13H2,1H3/t16-/m1/s1. The van der Waals surface area contributed by atoms with Crippen LogP contribution in [0.5, 0.6) is 0 Å². The molecule has 2 saturated heterocycles. The third kappa shape index (κ3) is 4.45. The van der Waals surface area contributed by atoms with Crippen LogP contribution in [-0.2, 0) is 11.3 Å². The maximum Gasteiger partial charge on any atom is 0.226 e. The van der Waals surface area contributed by atoms with Crippen LogP contribution >= 0.6 is 11.6 Å². The second-order valence-electron chi connectivity index (χ2n) is 7.07. The second-order valence-corrected chi connectivity index (χ2v) is 7.46. The molecule has 0 N–H and O–H groups in total. The predicted molar refractivity (Wildman–Crippen MR) is 92.2 cm³/mol. The molecular weight excluding hydrogens is 310 g/mol. The molecule has 1 aromatic heterocycles. The number of carbonyl (C=O) groups is 1. The number of pyridine rings is 1. The Kier molecular flexibility index (Phi) is 5.54. The Morgan fingerprint density at radius 1 is 1.26 bits per heavy atom. The summed E-state index contributed by atoms with van der Waals surface area (Å²) in [5.74, 6) is 1.30. The number of halogens is 1. The Balaban J connectivity index is 1.55. The van der Waals surface area contributed by atoms with Gasteiger partial charge in [-0.25, -0.2) is 4.98 Å². The van der Waals surface area contributed by atoms with E-state index < -0.39 is 0 Å². The molecule has 1 amide bonds. The lowest BCUT2D eigenvalue weighted by Gasteiger charge is -2.37. The van der Waals surface area contributed by atoms with Gasteiger partial charge in [0, 0.05) is 32.4 Å². The van der Waals surface area contributed by atoms with E-state index in [0.717, 1.165) is 69.9 Å². The van der Waals surface area contributed by atoms with E-state index in [1.54, 1.807) is 0 Å². The fourth-order valence-corrected chi connectivity index (χ4v) is 3.76. The number of nitrogens with zero attached hydrogens (tertiary/aromatic N) is 3. The molecule has 3 heterocycles. The van der Waals surface area contributed by atoms with E-state index in [1.165, 1.54) is 0 Å². The molecule has 126 valence electrons. The summed E-state index contributed by atoms with van der Waals surface area (Å²) in [4.78, 5) is 21.4. The highest BCUT2D eigenvalue weighted by molar-refractivity contribution is 6.29. The maximum absolute atomic E-state index is 12.8. The number of hydrogen-bond acceptors (Lipinski definition) is 3. The minimum atomic E-state index is 0.164. The average Bonchev–Trinajstić information content (AvgIpc) is 2.57. The van der Waals surface area contributed by atoms with E-state index in [-0.39, 0.29) is 5.92 Å². The van der Waals surface area contributed by atoms with Crippen LogP contribution in [0.15, 0.2) is 18.3 Å². The van der Waals surface area contributed by atoms with E-state index in [2.05, 4.69) is 21.7 Å². The van der Waals surface area contributed by atoms with Crippen LogP contribution in [0.1, 0.15) is 38.2 Å². The van der Waals surface area contributed by atoms with Crippen molar-refractivity contribution < 1.29 is 4.79 Å². The highest BCUT2D eigenvalue weighted by Crippen LogP contribution is 2.24. The lowest BCUT2D eigenvalue weighted by atomic mass is 9.93. The molecule has 3 rings (SSSR count). The zero-order valence-corrected chi connectivity index (χ0v) is 14.6. The van der Waals surface area contributed by atoms with Crippen molar-refractivity contribution >= 4 is 17.5 Å². The number of amides is 1. The lowest BCUT2D eigenvalue weighted by molar-refractivity contribution is -0.138. The van der Waals surface area contributed by atoms with Crippen molar-refractivity contribution in [3.05, 3.63) is 29.0 Å². The van der Waals surface area contributed by atoms with Crippen molar-refractivity contribution in [1.82, 2.24) is 14.8 Å². The van der Waals surface area contributed by atoms with Gasteiger partial charge in [-0.05, 0) is 49.8 Å². The van der Waals surface area contributed by atoms with Crippen LogP contribution < -0.4 is 0 Å². The monoisotopic (exact) mass is 335 g/mol. The van der Waals surface area contributed by atoms with Gasteiger partial charge in [-0.3, -0.25) is 9.69 Å². The molecule has 0 unspecified atom stereocenters. The van der Waals surface area contributed by atoms with E-state index in [0.29, 0.717) is 11.1 Å². The molecule has 0 aliphatic carbocycles. The van der Waals surface area contributed by atoms with Crippen LogP contribution in [-0.4, -0.2) is 46.9 Å². The summed E-state index contributed by atoms with van der Waals surface area (Å²) in [5, 5.41) is 0.528. The quantitative estimate of drug-likeness (QED) is 0.796. The normalized spacial score (nSPS) is 23.9. The Morgan fingerprint density at radius 2 is 2.04 bits per heavy atom. The van der Waals surface area contributed by atoms with E-state index in [9.17, 15) is 4.79 Å². The zero-order valence-electron chi connectivity index (χ0n) is 13.9. The minimum absolute atomic E-state index is 0.164. The molecule has 0 spiro atoms. The number of likely N-dealkylation sites (tertiary alicyclic amines) is 2. The van der Waals surface area contributed by atoms with Gasteiger partial charge in [0.15, 0.2) is 0 Å². The van der Waals surface area contributed by atoms with Gasteiger partial charge in [-0.15, -0.1) is 0 Å². The summed E-state index contributed by atoms with van der Waals surface area (Å²) in [6.45, 7) is 6.95. The van der Waals surface area contributed by atoms with Crippen LogP contribution in [0.4, 0.5) is 0 Å². The number of rotatable bonds is 3. The molecule has 2 fully saturated rings. The van der Waals surface area contributed by atoms with Gasteiger partial charge in [-0.1, -0.05) is 24.6 Å². The van der Waals surface area contributed by atoms with Gasteiger partial charge in [-0.2, -0.15) is 0 Å². The SMILES string of the molecule is CC1CCN(C(=O)[C@@H]2CCCN(Cc3ccc(Cl)nc3)C2)CC1. The molecule has 1 atom stereocenters. The van der Waals surface area contributed by atoms with Gasteiger partial charge in [0.05, 0.1) is 5.92 Å². The van der Waals surface area contributed by atoms with Crippen molar-refractivity contribution in [1.29, 1.82) is 0 Å². The third-order valence-electron chi connectivity index (χ3n) is 5.14. The summed E-state index contributed by atoms with van der Waals surface area (Å²) >= 11 is 5.84. The highest BCUT2D eigenvalue weighted by Gasteiger charge is 2.30. The Labute approximate surface area is 143 Å². The molecule has 1 aromatic rings. The molecule has 0 bridgehead atoms. The molecule has 0 aromatic carbocycles. The van der Waals surface area contributed by atoms with Gasteiger partial charge < -0.3 is 4.90 Å².